The van der Waals surface area contributed by atoms with Crippen molar-refractivity contribution in [2.45, 2.75) is 53.1 Å². The van der Waals surface area contributed by atoms with E-state index in [2.05, 4.69) is 13.8 Å². The van der Waals surface area contributed by atoms with Crippen LogP contribution in [0.3, 0.4) is 0 Å². The molecule has 128 valence electrons. The fourth-order valence-corrected chi connectivity index (χ4v) is 1.78. The number of carbonyl (C=O) groups is 1. The molecule has 0 aromatic heterocycles. The number of hydrogen-bond acceptors (Lipinski definition) is 4. The van der Waals surface area contributed by atoms with Gasteiger partial charge in [-0.2, -0.15) is 0 Å². The summed E-state index contributed by atoms with van der Waals surface area (Å²) in [6.07, 6.45) is 5.75. The molecule has 0 fully saturated rings. The van der Waals surface area contributed by atoms with Crippen molar-refractivity contribution in [1.29, 1.82) is 0 Å². The molecule has 1 atom stereocenters. The normalized spacial score (nSPS) is 12.2. The molecule has 0 radical (unpaired) electrons. The predicted octanol–water partition coefficient (Wildman–Crippen LogP) is 4.62. The van der Waals surface area contributed by atoms with Crippen LogP contribution in [0.1, 0.15) is 52.5 Å². The molecule has 0 bridgehead atoms. The van der Waals surface area contributed by atoms with Gasteiger partial charge in [0.25, 0.3) is 0 Å². The zero-order valence-electron chi connectivity index (χ0n) is 14.6. The summed E-state index contributed by atoms with van der Waals surface area (Å²) >= 11 is 0. The summed E-state index contributed by atoms with van der Waals surface area (Å²) in [5, 5.41) is 0. The summed E-state index contributed by atoms with van der Waals surface area (Å²) in [7, 11) is 0. The molecule has 0 saturated carbocycles. The van der Waals surface area contributed by atoms with E-state index in [-0.39, 0.29) is 12.1 Å². The van der Waals surface area contributed by atoms with Crippen molar-refractivity contribution in [3.63, 3.8) is 0 Å². The fourth-order valence-electron chi connectivity index (χ4n) is 1.78. The molecule has 0 aliphatic heterocycles. The number of ether oxygens (including phenoxy) is 3. The van der Waals surface area contributed by atoms with Crippen molar-refractivity contribution in [2.75, 3.05) is 13.2 Å². The maximum atomic E-state index is 11.7. The third-order valence-corrected chi connectivity index (χ3v) is 3.21. The Morgan fingerprint density at radius 1 is 1.13 bits per heavy atom. The van der Waals surface area contributed by atoms with E-state index < -0.39 is 0 Å². The Bertz CT molecular complexity index is 508. The van der Waals surface area contributed by atoms with Gasteiger partial charge >= 0.3 is 5.97 Å². The van der Waals surface area contributed by atoms with E-state index in [4.69, 9.17) is 14.2 Å². The number of benzene rings is 1. The van der Waals surface area contributed by atoms with Crippen molar-refractivity contribution in [1.82, 2.24) is 0 Å². The average molecular weight is 320 g/mol. The van der Waals surface area contributed by atoms with Gasteiger partial charge in [-0.1, -0.05) is 20.8 Å². The molecule has 23 heavy (non-hydrogen) atoms. The Hall–Kier alpha value is -1.97. The molecule has 1 aromatic carbocycles. The van der Waals surface area contributed by atoms with Crippen molar-refractivity contribution >= 4 is 12.0 Å². The Balaban J connectivity index is 2.84. The summed E-state index contributed by atoms with van der Waals surface area (Å²) in [5.41, 5.74) is 0.836. The van der Waals surface area contributed by atoms with Crippen LogP contribution in [0.25, 0.3) is 6.08 Å². The van der Waals surface area contributed by atoms with Gasteiger partial charge in [0.05, 0.1) is 19.3 Å². The van der Waals surface area contributed by atoms with Gasteiger partial charge in [-0.15, -0.1) is 0 Å². The highest BCUT2D eigenvalue weighted by molar-refractivity contribution is 5.87. The molecule has 0 heterocycles. The van der Waals surface area contributed by atoms with Crippen LogP contribution in [0.2, 0.25) is 0 Å². The van der Waals surface area contributed by atoms with Crippen LogP contribution in [0.5, 0.6) is 11.5 Å². The van der Waals surface area contributed by atoms with Gasteiger partial charge in [0.15, 0.2) is 0 Å². The van der Waals surface area contributed by atoms with Crippen molar-refractivity contribution < 1.29 is 19.0 Å². The zero-order chi connectivity index (χ0) is 17.1. The molecule has 4 heteroatoms. The molecule has 0 amide bonds. The van der Waals surface area contributed by atoms with Gasteiger partial charge in [0.2, 0.25) is 0 Å². The van der Waals surface area contributed by atoms with Gasteiger partial charge in [0.1, 0.15) is 11.5 Å². The predicted molar refractivity (Wildman–Crippen MR) is 92.9 cm³/mol. The molecule has 1 unspecified atom stereocenters. The molecule has 0 saturated heterocycles. The SMILES string of the molecule is CCCOc1ccc(C=CC(=O)OC(C)CC)c(OCCC)c1. The fraction of sp³-hybridized carbons (Fsp3) is 0.526. The molecule has 0 aliphatic carbocycles. The van der Waals surface area contributed by atoms with Crippen LogP contribution in [0, 0.1) is 0 Å². The summed E-state index contributed by atoms with van der Waals surface area (Å²) in [6, 6.07) is 5.64. The number of esters is 1. The number of rotatable bonds is 10. The van der Waals surface area contributed by atoms with E-state index in [1.54, 1.807) is 6.08 Å². The molecule has 0 N–H and O–H groups in total. The van der Waals surface area contributed by atoms with Gasteiger partial charge < -0.3 is 14.2 Å². The van der Waals surface area contributed by atoms with E-state index >= 15 is 0 Å². The van der Waals surface area contributed by atoms with Crippen molar-refractivity contribution in [2.24, 2.45) is 0 Å². The lowest BCUT2D eigenvalue weighted by molar-refractivity contribution is -0.142. The highest BCUT2D eigenvalue weighted by Gasteiger charge is 2.07. The maximum Gasteiger partial charge on any atom is 0.331 e. The first kappa shape index (κ1) is 19.1. The van der Waals surface area contributed by atoms with Crippen LogP contribution in [0.15, 0.2) is 24.3 Å². The van der Waals surface area contributed by atoms with Crippen LogP contribution >= 0.6 is 0 Å². The van der Waals surface area contributed by atoms with Gasteiger partial charge in [-0.3, -0.25) is 0 Å². The Labute approximate surface area is 139 Å². The first-order valence-electron chi connectivity index (χ1n) is 8.39. The number of carbonyl (C=O) groups excluding carboxylic acids is 1. The lowest BCUT2D eigenvalue weighted by Crippen LogP contribution is -2.11. The Morgan fingerprint density at radius 2 is 1.83 bits per heavy atom. The standard InChI is InChI=1S/C19H28O4/c1-5-12-21-17-10-8-16(18(14-17)22-13-6-2)9-11-19(20)23-15(4)7-3/h8-11,14-15H,5-7,12-13H2,1-4H3. The van der Waals surface area contributed by atoms with Crippen molar-refractivity contribution in [3.05, 3.63) is 29.8 Å². The highest BCUT2D eigenvalue weighted by Crippen LogP contribution is 2.26. The second kappa shape index (κ2) is 10.7. The van der Waals surface area contributed by atoms with Crippen molar-refractivity contribution in [3.8, 4) is 11.5 Å². The molecule has 1 aromatic rings. The largest absolute Gasteiger partial charge is 0.493 e. The smallest absolute Gasteiger partial charge is 0.331 e. The topological polar surface area (TPSA) is 44.8 Å². The minimum atomic E-state index is -0.341. The molecule has 0 aliphatic rings. The average Bonchev–Trinajstić information content (AvgIpc) is 2.56. The van der Waals surface area contributed by atoms with E-state index in [1.807, 2.05) is 32.0 Å². The molecular weight excluding hydrogens is 292 g/mol. The Kier molecular flexibility index (Phi) is 8.88. The minimum Gasteiger partial charge on any atom is -0.493 e. The third-order valence-electron chi connectivity index (χ3n) is 3.21. The van der Waals surface area contributed by atoms with Crippen LogP contribution in [-0.2, 0) is 9.53 Å². The van der Waals surface area contributed by atoms with E-state index in [0.717, 1.165) is 30.6 Å². The van der Waals surface area contributed by atoms with E-state index in [1.165, 1.54) is 6.08 Å². The highest BCUT2D eigenvalue weighted by atomic mass is 16.5. The maximum absolute atomic E-state index is 11.7. The van der Waals surface area contributed by atoms with Gasteiger partial charge in [-0.05, 0) is 44.4 Å². The summed E-state index contributed by atoms with van der Waals surface area (Å²) in [5.74, 6) is 1.15. The third kappa shape index (κ3) is 7.22. The molecule has 0 spiro atoms. The summed E-state index contributed by atoms with van der Waals surface area (Å²) < 4.78 is 16.6. The van der Waals surface area contributed by atoms with Gasteiger partial charge in [0, 0.05) is 17.7 Å². The molecule has 4 nitrogen and oxygen atoms in total. The van der Waals surface area contributed by atoms with Crippen LogP contribution in [0.4, 0.5) is 0 Å². The van der Waals surface area contributed by atoms with Gasteiger partial charge in [-0.25, -0.2) is 4.79 Å². The minimum absolute atomic E-state index is 0.0761. The Morgan fingerprint density at radius 3 is 2.48 bits per heavy atom. The summed E-state index contributed by atoms with van der Waals surface area (Å²) in [6.45, 7) is 9.26. The van der Waals surface area contributed by atoms with E-state index in [0.29, 0.717) is 19.0 Å². The first-order valence-corrected chi connectivity index (χ1v) is 8.39. The molecule has 1 rings (SSSR count). The first-order chi connectivity index (χ1) is 11.1. The van der Waals surface area contributed by atoms with E-state index in [9.17, 15) is 4.79 Å². The number of hydrogen-bond donors (Lipinski definition) is 0. The van der Waals surface area contributed by atoms with Crippen LogP contribution in [-0.4, -0.2) is 25.3 Å². The quantitative estimate of drug-likeness (QED) is 0.466. The second-order valence-electron chi connectivity index (χ2n) is 5.39. The molecular formula is C19H28O4. The second-order valence-corrected chi connectivity index (χ2v) is 5.39. The van der Waals surface area contributed by atoms with Crippen LogP contribution < -0.4 is 9.47 Å². The lowest BCUT2D eigenvalue weighted by atomic mass is 10.1. The monoisotopic (exact) mass is 320 g/mol. The zero-order valence-corrected chi connectivity index (χ0v) is 14.6. The summed E-state index contributed by atoms with van der Waals surface area (Å²) in [4.78, 5) is 11.7. The lowest BCUT2D eigenvalue weighted by Gasteiger charge is -2.12.